The van der Waals surface area contributed by atoms with Gasteiger partial charge in [-0.2, -0.15) is 5.26 Å². The first-order valence-electron chi connectivity index (χ1n) is 6.38. The lowest BCUT2D eigenvalue weighted by atomic mass is 10.2. The van der Waals surface area contributed by atoms with Crippen LogP contribution >= 0.6 is 0 Å². The molecule has 0 fully saturated rings. The van der Waals surface area contributed by atoms with Crippen LogP contribution in [0.4, 0.5) is 15.8 Å². The minimum atomic E-state index is -0.463. The SMILES string of the molecule is Cc1ccc(NC(=O)CNc2cccc(C#N)c2)c(F)c1. The second kappa shape index (κ2) is 6.53. The highest BCUT2D eigenvalue weighted by atomic mass is 19.1. The normalized spacial score (nSPS) is 9.76. The van der Waals surface area contributed by atoms with Gasteiger partial charge in [0.2, 0.25) is 5.91 Å². The molecular weight excluding hydrogens is 269 g/mol. The van der Waals surface area contributed by atoms with Crippen molar-refractivity contribution in [3.63, 3.8) is 0 Å². The van der Waals surface area contributed by atoms with E-state index in [0.717, 1.165) is 5.56 Å². The number of amides is 1. The van der Waals surface area contributed by atoms with Gasteiger partial charge in [0.05, 0.1) is 23.9 Å². The third-order valence-electron chi connectivity index (χ3n) is 2.84. The summed E-state index contributed by atoms with van der Waals surface area (Å²) in [6.45, 7) is 1.76. The minimum Gasteiger partial charge on any atom is -0.376 e. The Labute approximate surface area is 122 Å². The molecule has 106 valence electrons. The molecule has 0 spiro atoms. The van der Waals surface area contributed by atoms with Gasteiger partial charge in [0.25, 0.3) is 0 Å². The summed E-state index contributed by atoms with van der Waals surface area (Å²) >= 11 is 0. The van der Waals surface area contributed by atoms with E-state index in [1.165, 1.54) is 12.1 Å². The van der Waals surface area contributed by atoms with Gasteiger partial charge in [-0.3, -0.25) is 4.79 Å². The van der Waals surface area contributed by atoms with Crippen molar-refractivity contribution in [2.24, 2.45) is 0 Å². The Morgan fingerprint density at radius 3 is 2.81 bits per heavy atom. The van der Waals surface area contributed by atoms with Crippen molar-refractivity contribution in [3.05, 3.63) is 59.4 Å². The highest BCUT2D eigenvalue weighted by Gasteiger charge is 2.07. The number of carbonyl (C=O) groups is 1. The van der Waals surface area contributed by atoms with Gasteiger partial charge < -0.3 is 10.6 Å². The third kappa shape index (κ3) is 4.05. The van der Waals surface area contributed by atoms with Crippen molar-refractivity contribution in [2.45, 2.75) is 6.92 Å². The van der Waals surface area contributed by atoms with Gasteiger partial charge in [-0.1, -0.05) is 12.1 Å². The van der Waals surface area contributed by atoms with Crippen LogP contribution in [0.5, 0.6) is 0 Å². The van der Waals surface area contributed by atoms with Crippen molar-refractivity contribution in [3.8, 4) is 6.07 Å². The number of anilines is 2. The molecule has 2 rings (SSSR count). The lowest BCUT2D eigenvalue weighted by Gasteiger charge is -2.09. The standard InChI is InChI=1S/C16H14FN3O/c1-11-5-6-15(14(17)7-11)20-16(21)10-19-13-4-2-3-12(8-13)9-18/h2-8,19H,10H2,1H3,(H,20,21). The average Bonchev–Trinajstić information content (AvgIpc) is 2.48. The Morgan fingerprint density at radius 2 is 2.10 bits per heavy atom. The highest BCUT2D eigenvalue weighted by molar-refractivity contribution is 5.93. The second-order valence-electron chi connectivity index (χ2n) is 4.58. The molecule has 0 aliphatic carbocycles. The Hall–Kier alpha value is -2.87. The molecule has 0 saturated carbocycles. The Bertz CT molecular complexity index is 707. The first kappa shape index (κ1) is 14.5. The van der Waals surface area contributed by atoms with Gasteiger partial charge in [-0.05, 0) is 42.8 Å². The van der Waals surface area contributed by atoms with Gasteiger partial charge in [0.1, 0.15) is 5.82 Å². The zero-order valence-corrected chi connectivity index (χ0v) is 11.5. The van der Waals surface area contributed by atoms with E-state index in [-0.39, 0.29) is 18.1 Å². The molecule has 0 heterocycles. The quantitative estimate of drug-likeness (QED) is 0.906. The molecule has 0 radical (unpaired) electrons. The molecule has 0 saturated heterocycles. The molecule has 0 atom stereocenters. The molecule has 2 aromatic rings. The molecule has 21 heavy (non-hydrogen) atoms. The smallest absolute Gasteiger partial charge is 0.243 e. The maximum atomic E-state index is 13.6. The van der Waals surface area contributed by atoms with Crippen LogP contribution in [-0.4, -0.2) is 12.5 Å². The summed E-state index contributed by atoms with van der Waals surface area (Å²) in [6, 6.07) is 13.4. The van der Waals surface area contributed by atoms with Crippen LogP contribution in [0.1, 0.15) is 11.1 Å². The molecule has 2 N–H and O–H groups in total. The van der Waals surface area contributed by atoms with Crippen molar-refractivity contribution in [2.75, 3.05) is 17.2 Å². The van der Waals surface area contributed by atoms with Crippen molar-refractivity contribution < 1.29 is 9.18 Å². The van der Waals surface area contributed by atoms with Gasteiger partial charge in [-0.15, -0.1) is 0 Å². The van der Waals surface area contributed by atoms with E-state index in [9.17, 15) is 9.18 Å². The van der Waals surface area contributed by atoms with Crippen molar-refractivity contribution in [1.29, 1.82) is 5.26 Å². The largest absolute Gasteiger partial charge is 0.376 e. The topological polar surface area (TPSA) is 64.9 Å². The number of carbonyl (C=O) groups excluding carboxylic acids is 1. The van der Waals surface area contributed by atoms with Crippen molar-refractivity contribution >= 4 is 17.3 Å². The number of nitrogens with one attached hydrogen (secondary N) is 2. The fourth-order valence-electron chi connectivity index (χ4n) is 1.80. The van der Waals surface area contributed by atoms with E-state index in [0.29, 0.717) is 11.3 Å². The number of aryl methyl sites for hydroxylation is 1. The first-order chi connectivity index (χ1) is 10.1. The van der Waals surface area contributed by atoms with Crippen LogP contribution in [0.15, 0.2) is 42.5 Å². The number of rotatable bonds is 4. The van der Waals surface area contributed by atoms with Crippen LogP contribution < -0.4 is 10.6 Å². The minimum absolute atomic E-state index is 0.0117. The summed E-state index contributed by atoms with van der Waals surface area (Å²) in [6.07, 6.45) is 0. The number of hydrogen-bond acceptors (Lipinski definition) is 3. The maximum absolute atomic E-state index is 13.6. The zero-order chi connectivity index (χ0) is 15.2. The second-order valence-corrected chi connectivity index (χ2v) is 4.58. The number of nitriles is 1. The van der Waals surface area contributed by atoms with Gasteiger partial charge in [0, 0.05) is 5.69 Å². The molecule has 5 heteroatoms. The van der Waals surface area contributed by atoms with E-state index < -0.39 is 5.82 Å². The highest BCUT2D eigenvalue weighted by Crippen LogP contribution is 2.15. The van der Waals surface area contributed by atoms with E-state index >= 15 is 0 Å². The lowest BCUT2D eigenvalue weighted by Crippen LogP contribution is -2.22. The number of hydrogen-bond donors (Lipinski definition) is 2. The van der Waals surface area contributed by atoms with Crippen LogP contribution in [0, 0.1) is 24.1 Å². The Morgan fingerprint density at radius 1 is 1.29 bits per heavy atom. The fraction of sp³-hybridized carbons (Fsp3) is 0.125. The summed E-state index contributed by atoms with van der Waals surface area (Å²) in [5.41, 5.74) is 2.11. The van der Waals surface area contributed by atoms with E-state index in [1.54, 1.807) is 37.3 Å². The fourth-order valence-corrected chi connectivity index (χ4v) is 1.80. The van der Waals surface area contributed by atoms with Gasteiger partial charge in [-0.25, -0.2) is 4.39 Å². The number of benzene rings is 2. The van der Waals surface area contributed by atoms with Gasteiger partial charge >= 0.3 is 0 Å². The first-order valence-corrected chi connectivity index (χ1v) is 6.38. The number of halogens is 1. The van der Waals surface area contributed by atoms with Gasteiger partial charge in [0.15, 0.2) is 0 Å². The van der Waals surface area contributed by atoms with Crippen LogP contribution in [0.3, 0.4) is 0 Å². The zero-order valence-electron chi connectivity index (χ0n) is 11.5. The predicted molar refractivity (Wildman–Crippen MR) is 79.4 cm³/mol. The molecule has 4 nitrogen and oxygen atoms in total. The van der Waals surface area contributed by atoms with Crippen LogP contribution in [-0.2, 0) is 4.79 Å². The molecule has 0 aliphatic heterocycles. The Kier molecular flexibility index (Phi) is 4.52. The van der Waals surface area contributed by atoms with E-state index in [2.05, 4.69) is 10.6 Å². The third-order valence-corrected chi connectivity index (χ3v) is 2.84. The van der Waals surface area contributed by atoms with E-state index in [1.807, 2.05) is 6.07 Å². The number of nitrogens with zero attached hydrogens (tertiary/aromatic N) is 1. The molecule has 0 aliphatic rings. The van der Waals surface area contributed by atoms with Crippen LogP contribution in [0.2, 0.25) is 0 Å². The van der Waals surface area contributed by atoms with E-state index in [4.69, 9.17) is 5.26 Å². The lowest BCUT2D eigenvalue weighted by molar-refractivity contribution is -0.114. The maximum Gasteiger partial charge on any atom is 0.243 e. The summed E-state index contributed by atoms with van der Waals surface area (Å²) in [7, 11) is 0. The molecule has 0 bridgehead atoms. The molecule has 1 amide bonds. The Balaban J connectivity index is 1.94. The molecular formula is C16H14FN3O. The van der Waals surface area contributed by atoms with Crippen LogP contribution in [0.25, 0.3) is 0 Å². The average molecular weight is 283 g/mol. The summed E-state index contributed by atoms with van der Waals surface area (Å²) in [4.78, 5) is 11.8. The summed E-state index contributed by atoms with van der Waals surface area (Å²) in [5.74, 6) is -0.824. The molecule has 2 aromatic carbocycles. The summed E-state index contributed by atoms with van der Waals surface area (Å²) < 4.78 is 13.6. The summed E-state index contributed by atoms with van der Waals surface area (Å²) in [5, 5.41) is 14.2. The molecule has 0 aromatic heterocycles. The molecule has 0 unspecified atom stereocenters. The van der Waals surface area contributed by atoms with Crippen molar-refractivity contribution in [1.82, 2.24) is 0 Å². The predicted octanol–water partition coefficient (Wildman–Crippen LogP) is 3.06. The monoisotopic (exact) mass is 283 g/mol.